The van der Waals surface area contributed by atoms with E-state index in [1.165, 1.54) is 0 Å². The van der Waals surface area contributed by atoms with Crippen LogP contribution in [-0.4, -0.2) is 68.6 Å². The smallest absolute Gasteiger partial charge is 0.311 e. The van der Waals surface area contributed by atoms with Crippen molar-refractivity contribution in [2.45, 2.75) is 94.8 Å². The Morgan fingerprint density at radius 2 is 1.97 bits per heavy atom. The van der Waals surface area contributed by atoms with Crippen LogP contribution < -0.4 is 5.32 Å². The fourth-order valence-corrected chi connectivity index (χ4v) is 8.39. The van der Waals surface area contributed by atoms with Crippen molar-refractivity contribution in [1.29, 1.82) is 0 Å². The molecule has 2 bridgehead atoms. The number of carbonyl (C=O) groups is 3. The zero-order valence-electron chi connectivity index (χ0n) is 19.6. The molecule has 8 heteroatoms. The molecule has 3 fully saturated rings. The number of rotatable bonds is 9. The highest BCUT2D eigenvalue weighted by atomic mass is 32.2. The summed E-state index contributed by atoms with van der Waals surface area (Å²) in [6.45, 7) is 11.8. The van der Waals surface area contributed by atoms with Gasteiger partial charge in [-0.1, -0.05) is 27.2 Å². The quantitative estimate of drug-likeness (QED) is 0.519. The first-order valence-electron chi connectivity index (χ1n) is 11.7. The van der Waals surface area contributed by atoms with Crippen molar-refractivity contribution in [3.63, 3.8) is 0 Å². The molecule has 0 aromatic carbocycles. The van der Waals surface area contributed by atoms with Crippen LogP contribution >= 0.6 is 11.8 Å². The van der Waals surface area contributed by atoms with Crippen LogP contribution in [0.2, 0.25) is 0 Å². The number of hydrogen-bond acceptors (Lipinski definition) is 6. The molecule has 3 rings (SSSR count). The second-order valence-electron chi connectivity index (χ2n) is 9.92. The number of hydrogen-bond donors (Lipinski definition) is 2. The Morgan fingerprint density at radius 3 is 2.52 bits per heavy atom. The number of fused-ring (bicyclic) bond motifs is 1. The number of aliphatic hydroxyl groups is 1. The third-order valence-electron chi connectivity index (χ3n) is 7.43. The molecular weight excluding hydrogens is 416 g/mol. The summed E-state index contributed by atoms with van der Waals surface area (Å²) >= 11 is 1.63. The summed E-state index contributed by atoms with van der Waals surface area (Å²) in [6.07, 6.45) is 3.27. The second kappa shape index (κ2) is 8.93. The summed E-state index contributed by atoms with van der Waals surface area (Å²) in [5.74, 6) is -1.89. The van der Waals surface area contributed by atoms with E-state index in [4.69, 9.17) is 4.74 Å². The van der Waals surface area contributed by atoms with Crippen LogP contribution in [-0.2, 0) is 19.1 Å². The van der Waals surface area contributed by atoms with Crippen molar-refractivity contribution in [3.05, 3.63) is 0 Å². The normalized spacial score (nSPS) is 35.9. The second-order valence-corrected chi connectivity index (χ2v) is 11.8. The minimum atomic E-state index is -0.699. The van der Waals surface area contributed by atoms with Gasteiger partial charge in [0.15, 0.2) is 0 Å². The van der Waals surface area contributed by atoms with Gasteiger partial charge in [-0.15, -0.1) is 11.8 Å². The molecule has 1 spiro atoms. The van der Waals surface area contributed by atoms with E-state index in [9.17, 15) is 19.5 Å². The lowest BCUT2D eigenvalue weighted by Crippen LogP contribution is -2.58. The fourth-order valence-electron chi connectivity index (χ4n) is 6.06. The third kappa shape index (κ3) is 3.77. The minimum absolute atomic E-state index is 0.00317. The Hall–Kier alpha value is -1.28. The number of amides is 2. The Morgan fingerprint density at radius 1 is 1.29 bits per heavy atom. The highest BCUT2D eigenvalue weighted by molar-refractivity contribution is 8.02. The molecule has 31 heavy (non-hydrogen) atoms. The summed E-state index contributed by atoms with van der Waals surface area (Å²) in [6, 6.07) is -1.17. The van der Waals surface area contributed by atoms with Crippen molar-refractivity contribution in [2.24, 2.45) is 17.8 Å². The van der Waals surface area contributed by atoms with Crippen LogP contribution in [0.15, 0.2) is 0 Å². The van der Waals surface area contributed by atoms with Gasteiger partial charge in [-0.05, 0) is 46.0 Å². The molecule has 0 aromatic heterocycles. The molecule has 176 valence electrons. The highest BCUT2D eigenvalue weighted by Gasteiger charge is 2.78. The zero-order chi connectivity index (χ0) is 23.1. The van der Waals surface area contributed by atoms with Gasteiger partial charge in [0.1, 0.15) is 6.04 Å². The molecule has 0 aliphatic carbocycles. The largest absolute Gasteiger partial charge is 0.466 e. The number of esters is 1. The predicted molar refractivity (Wildman–Crippen MR) is 120 cm³/mol. The van der Waals surface area contributed by atoms with E-state index < -0.39 is 33.4 Å². The summed E-state index contributed by atoms with van der Waals surface area (Å²) in [5.41, 5.74) is 0. The molecule has 3 unspecified atom stereocenters. The van der Waals surface area contributed by atoms with Crippen LogP contribution in [0.1, 0.15) is 67.2 Å². The van der Waals surface area contributed by atoms with Crippen LogP contribution in [0, 0.1) is 17.8 Å². The Bertz CT molecular complexity index is 731. The van der Waals surface area contributed by atoms with Crippen molar-refractivity contribution in [1.82, 2.24) is 10.2 Å². The maximum Gasteiger partial charge on any atom is 0.311 e. The molecule has 7 nitrogen and oxygen atoms in total. The van der Waals surface area contributed by atoms with Crippen molar-refractivity contribution < 1.29 is 24.2 Å². The van der Waals surface area contributed by atoms with Crippen molar-refractivity contribution in [3.8, 4) is 0 Å². The molecular formula is C23H38N2O5S. The maximum atomic E-state index is 13.9. The number of ether oxygens (including phenoxy) is 1. The van der Waals surface area contributed by atoms with Gasteiger partial charge in [0, 0.05) is 10.8 Å². The molecule has 3 aliphatic rings. The highest BCUT2D eigenvalue weighted by Crippen LogP contribution is 2.71. The fraction of sp³-hybridized carbons (Fsp3) is 0.870. The zero-order valence-corrected chi connectivity index (χ0v) is 20.5. The van der Waals surface area contributed by atoms with Gasteiger partial charge in [-0.3, -0.25) is 14.4 Å². The topological polar surface area (TPSA) is 95.9 Å². The van der Waals surface area contributed by atoms with Crippen LogP contribution in [0.25, 0.3) is 0 Å². The molecule has 0 aromatic rings. The molecule has 0 saturated carbocycles. The minimum Gasteiger partial charge on any atom is -0.466 e. The third-order valence-corrected chi connectivity index (χ3v) is 9.41. The van der Waals surface area contributed by atoms with Gasteiger partial charge >= 0.3 is 5.97 Å². The molecule has 3 heterocycles. The van der Waals surface area contributed by atoms with E-state index in [1.807, 2.05) is 27.7 Å². The molecule has 3 saturated heterocycles. The van der Waals surface area contributed by atoms with Crippen LogP contribution in [0.4, 0.5) is 0 Å². The van der Waals surface area contributed by atoms with Gasteiger partial charge in [0.2, 0.25) is 11.8 Å². The van der Waals surface area contributed by atoms with Gasteiger partial charge in [-0.2, -0.15) is 0 Å². The lowest BCUT2D eigenvalue weighted by molar-refractivity contribution is -0.155. The number of thioether (sulfide) groups is 1. The summed E-state index contributed by atoms with van der Waals surface area (Å²) in [7, 11) is 0. The van der Waals surface area contributed by atoms with E-state index in [-0.39, 0.29) is 43.0 Å². The predicted octanol–water partition coefficient (Wildman–Crippen LogP) is 2.35. The Labute approximate surface area is 190 Å². The van der Waals surface area contributed by atoms with Crippen molar-refractivity contribution in [2.75, 3.05) is 13.2 Å². The van der Waals surface area contributed by atoms with Gasteiger partial charge < -0.3 is 20.1 Å². The summed E-state index contributed by atoms with van der Waals surface area (Å²) in [5, 5.41) is 13.3. The maximum absolute atomic E-state index is 13.9. The molecule has 7 atom stereocenters. The van der Waals surface area contributed by atoms with Gasteiger partial charge in [-0.25, -0.2) is 0 Å². The van der Waals surface area contributed by atoms with E-state index in [0.29, 0.717) is 6.42 Å². The first-order valence-corrected chi connectivity index (χ1v) is 12.5. The number of carbonyl (C=O) groups excluding carboxylic acids is 3. The lowest BCUT2D eigenvalue weighted by atomic mass is 9.66. The number of nitrogens with zero attached hydrogens (tertiary/aromatic N) is 1. The Kier molecular flexibility index (Phi) is 7.02. The average Bonchev–Trinajstić information content (AvgIpc) is 3.24. The van der Waals surface area contributed by atoms with Crippen LogP contribution in [0.3, 0.4) is 0 Å². The molecule has 3 aliphatic heterocycles. The molecule has 2 N–H and O–H groups in total. The summed E-state index contributed by atoms with van der Waals surface area (Å²) < 4.78 is 4.30. The van der Waals surface area contributed by atoms with Crippen molar-refractivity contribution >= 4 is 29.5 Å². The van der Waals surface area contributed by atoms with E-state index >= 15 is 0 Å². The van der Waals surface area contributed by atoms with E-state index in [0.717, 1.165) is 19.3 Å². The van der Waals surface area contributed by atoms with E-state index in [2.05, 4.69) is 12.2 Å². The number of likely N-dealkylation sites (tertiary alicyclic amines) is 1. The molecule has 0 radical (unpaired) electrons. The first-order chi connectivity index (χ1) is 14.6. The summed E-state index contributed by atoms with van der Waals surface area (Å²) in [4.78, 5) is 42.1. The number of aliphatic hydroxyl groups excluding tert-OH is 1. The SMILES string of the molecule is CCCC(C)NC(=O)C1N([C@@H](CO)C(C)C)C(=O)[C@@H]2[C@@H](C(=O)OCC)[C@@]3(C)CCC12S3. The van der Waals surface area contributed by atoms with Gasteiger partial charge in [0.05, 0.1) is 35.8 Å². The number of nitrogens with one attached hydrogen (secondary N) is 1. The van der Waals surface area contributed by atoms with Crippen LogP contribution in [0.5, 0.6) is 0 Å². The van der Waals surface area contributed by atoms with E-state index in [1.54, 1.807) is 23.6 Å². The Balaban J connectivity index is 2.07. The molecule has 2 amide bonds. The lowest BCUT2D eigenvalue weighted by Gasteiger charge is -2.39. The first kappa shape index (κ1) is 24.4. The van der Waals surface area contributed by atoms with Gasteiger partial charge in [0.25, 0.3) is 0 Å². The average molecular weight is 455 g/mol. The standard InChI is InChI=1S/C23H38N2O5S/c1-7-9-14(5)24-19(27)18-23-11-10-22(6,31-23)17(21(29)30-8-2)16(23)20(28)25(18)15(12-26)13(3)4/h13-18,26H,7-12H2,1-6H3,(H,24,27)/t14?,15-,16-,17-,18?,22+,23?/m0/s1. The monoisotopic (exact) mass is 454 g/mol.